The Kier molecular flexibility index (Phi) is 6.20. The number of hydrogen-bond donors (Lipinski definition) is 2. The van der Waals surface area contributed by atoms with E-state index in [0.717, 1.165) is 12.1 Å². The van der Waals surface area contributed by atoms with Gasteiger partial charge in [-0.1, -0.05) is 40.2 Å². The maximum absolute atomic E-state index is 12.8. The van der Waals surface area contributed by atoms with Gasteiger partial charge < -0.3 is 10.1 Å². The van der Waals surface area contributed by atoms with Crippen molar-refractivity contribution in [3.8, 4) is 5.75 Å². The van der Waals surface area contributed by atoms with Crippen LogP contribution in [0.2, 0.25) is 0 Å². The van der Waals surface area contributed by atoms with E-state index in [4.69, 9.17) is 14.0 Å². The predicted octanol–water partition coefficient (Wildman–Crippen LogP) is 5.64. The van der Waals surface area contributed by atoms with E-state index in [1.165, 1.54) is 31.4 Å². The molecule has 0 atom stereocenters. The van der Waals surface area contributed by atoms with Gasteiger partial charge in [-0.05, 0) is 59.4 Å². The summed E-state index contributed by atoms with van der Waals surface area (Å²) in [6.07, 6.45) is -4.57. The van der Waals surface area contributed by atoms with Crippen LogP contribution < -0.4 is 15.2 Å². The smallest absolute Gasteiger partial charge is 0.416 e. The Hall–Kier alpha value is -2.56. The standard InChI is InChI=1S/C23H22BrF3N2O3S/c1-14-3-10-21(29-13-15-4-7-17(8-5-15)23(25,26)27)22(33(28,30)31)19(14)11-16-6-9-18(32-2)12-20(16)24/h3-10,12,29H,11,13H2,1-2H3,(H2,28,30,31)/i1D3. The molecule has 33 heavy (non-hydrogen) atoms. The van der Waals surface area contributed by atoms with Crippen molar-refractivity contribution >= 4 is 31.6 Å². The summed E-state index contributed by atoms with van der Waals surface area (Å²) in [4.78, 5) is -0.397. The second kappa shape index (κ2) is 9.74. The monoisotopic (exact) mass is 545 g/mol. The molecule has 0 bridgehead atoms. The van der Waals surface area contributed by atoms with Crippen LogP contribution in [0.3, 0.4) is 0 Å². The average molecular weight is 546 g/mol. The number of benzene rings is 3. The van der Waals surface area contributed by atoms with Gasteiger partial charge in [0.2, 0.25) is 10.0 Å². The van der Waals surface area contributed by atoms with Crippen LogP contribution in [0.5, 0.6) is 5.75 Å². The van der Waals surface area contributed by atoms with Gasteiger partial charge in [0.25, 0.3) is 0 Å². The maximum atomic E-state index is 12.8. The topological polar surface area (TPSA) is 81.4 Å². The van der Waals surface area contributed by atoms with E-state index in [1.54, 1.807) is 18.2 Å². The Morgan fingerprint density at radius 1 is 1.12 bits per heavy atom. The Bertz CT molecular complexity index is 1360. The summed E-state index contributed by atoms with van der Waals surface area (Å²) in [7, 11) is -2.94. The van der Waals surface area contributed by atoms with Crippen LogP contribution in [0.15, 0.2) is 64.0 Å². The van der Waals surface area contributed by atoms with Crippen LogP contribution in [0, 0.1) is 6.85 Å². The molecule has 176 valence electrons. The molecule has 5 nitrogen and oxygen atoms in total. The zero-order valence-corrected chi connectivity index (χ0v) is 19.7. The summed E-state index contributed by atoms with van der Waals surface area (Å²) in [5.74, 6) is 0.542. The van der Waals surface area contributed by atoms with Crippen LogP contribution >= 0.6 is 15.9 Å². The van der Waals surface area contributed by atoms with Gasteiger partial charge in [0.15, 0.2) is 0 Å². The number of hydrogen-bond acceptors (Lipinski definition) is 4. The number of aryl methyl sites for hydroxylation is 1. The lowest BCUT2D eigenvalue weighted by molar-refractivity contribution is -0.137. The van der Waals surface area contributed by atoms with Crippen LogP contribution in [0.25, 0.3) is 0 Å². The predicted molar refractivity (Wildman–Crippen MR) is 125 cm³/mol. The highest BCUT2D eigenvalue weighted by Gasteiger charge is 2.30. The van der Waals surface area contributed by atoms with E-state index < -0.39 is 33.5 Å². The van der Waals surface area contributed by atoms with E-state index in [9.17, 15) is 21.6 Å². The Morgan fingerprint density at radius 3 is 2.36 bits per heavy atom. The van der Waals surface area contributed by atoms with Gasteiger partial charge in [-0.2, -0.15) is 13.2 Å². The molecule has 3 rings (SSSR count). The van der Waals surface area contributed by atoms with Crippen molar-refractivity contribution in [2.75, 3.05) is 12.4 Å². The fourth-order valence-corrected chi connectivity index (χ4v) is 4.74. The first-order valence-electron chi connectivity index (χ1n) is 11.0. The van der Waals surface area contributed by atoms with Gasteiger partial charge in [-0.15, -0.1) is 0 Å². The number of sulfonamides is 1. The van der Waals surface area contributed by atoms with Crippen molar-refractivity contribution in [1.82, 2.24) is 0 Å². The minimum atomic E-state index is -4.48. The third-order valence-electron chi connectivity index (χ3n) is 4.94. The largest absolute Gasteiger partial charge is 0.497 e. The number of nitrogens with two attached hydrogens (primary N) is 1. The van der Waals surface area contributed by atoms with E-state index >= 15 is 0 Å². The fourth-order valence-electron chi connectivity index (χ4n) is 3.27. The summed E-state index contributed by atoms with van der Waals surface area (Å²) in [5, 5.41) is 8.41. The zero-order valence-electron chi connectivity index (χ0n) is 20.3. The fraction of sp³-hybridized carbons (Fsp3) is 0.217. The number of halogens is 4. The molecule has 0 radical (unpaired) electrons. The second-order valence-corrected chi connectivity index (χ2v) is 9.55. The number of alkyl halides is 3. The molecule has 0 unspecified atom stereocenters. The van der Waals surface area contributed by atoms with E-state index in [2.05, 4.69) is 21.2 Å². The molecule has 3 N–H and O–H groups in total. The first kappa shape index (κ1) is 21.0. The molecule has 3 aromatic rings. The third-order valence-corrected chi connectivity index (χ3v) is 6.71. The van der Waals surface area contributed by atoms with Gasteiger partial charge in [-0.25, -0.2) is 13.6 Å². The normalized spacial score (nSPS) is 13.7. The van der Waals surface area contributed by atoms with Crippen molar-refractivity contribution < 1.29 is 30.4 Å². The van der Waals surface area contributed by atoms with Gasteiger partial charge in [0.05, 0.1) is 18.4 Å². The molecule has 0 heterocycles. The number of ether oxygens (including phenoxy) is 1. The van der Waals surface area contributed by atoms with Crippen molar-refractivity contribution in [2.45, 2.75) is 30.9 Å². The highest BCUT2D eigenvalue weighted by Crippen LogP contribution is 2.33. The quantitative estimate of drug-likeness (QED) is 0.402. The average Bonchev–Trinajstić information content (AvgIpc) is 2.77. The summed E-state index contributed by atoms with van der Waals surface area (Å²) in [6, 6.07) is 11.9. The number of primary sulfonamides is 1. The van der Waals surface area contributed by atoms with Crippen molar-refractivity contribution in [3.63, 3.8) is 0 Å². The van der Waals surface area contributed by atoms with Crippen molar-refractivity contribution in [2.24, 2.45) is 5.14 Å². The molecule has 0 aliphatic rings. The molecule has 3 aromatic carbocycles. The summed E-state index contributed by atoms with van der Waals surface area (Å²) < 4.78 is 93.4. The van der Waals surface area contributed by atoms with Crippen LogP contribution in [0.1, 0.15) is 31.9 Å². The van der Waals surface area contributed by atoms with Crippen LogP contribution in [-0.4, -0.2) is 15.5 Å². The Morgan fingerprint density at radius 2 is 1.82 bits per heavy atom. The lowest BCUT2D eigenvalue weighted by atomic mass is 9.99. The van der Waals surface area contributed by atoms with Crippen molar-refractivity contribution in [3.05, 3.63) is 86.9 Å². The molecular formula is C23H22BrF3N2O3S. The van der Waals surface area contributed by atoms with Crippen LogP contribution in [0.4, 0.5) is 18.9 Å². The van der Waals surface area contributed by atoms with Crippen LogP contribution in [-0.2, 0) is 29.2 Å². The Balaban J connectivity index is 2.07. The summed E-state index contributed by atoms with van der Waals surface area (Å²) in [5.41, 5.74) is 0.0554. The highest BCUT2D eigenvalue weighted by atomic mass is 79.9. The molecule has 10 heteroatoms. The first-order chi connectivity index (χ1) is 16.6. The molecule has 0 spiro atoms. The highest BCUT2D eigenvalue weighted by molar-refractivity contribution is 9.10. The maximum Gasteiger partial charge on any atom is 0.416 e. The number of nitrogens with one attached hydrogen (secondary N) is 1. The number of rotatable bonds is 7. The van der Waals surface area contributed by atoms with Gasteiger partial charge in [0, 0.05) is 21.6 Å². The molecule has 0 aromatic heterocycles. The van der Waals surface area contributed by atoms with Gasteiger partial charge >= 0.3 is 6.18 Å². The van der Waals surface area contributed by atoms with Crippen molar-refractivity contribution in [1.29, 1.82) is 0 Å². The SMILES string of the molecule is [2H]C([2H])([2H])c1ccc(NCc2ccc(C(F)(F)F)cc2)c(S(N)(=O)=O)c1Cc1ccc(OC)cc1Br. The molecule has 0 saturated carbocycles. The van der Waals surface area contributed by atoms with Gasteiger partial charge in [-0.3, -0.25) is 0 Å². The summed E-state index contributed by atoms with van der Waals surface area (Å²) in [6.45, 7) is -2.67. The van der Waals surface area contributed by atoms with E-state index in [0.29, 0.717) is 21.3 Å². The number of methoxy groups -OCH3 is 1. The third kappa shape index (κ3) is 6.07. The molecule has 0 amide bonds. The zero-order chi connectivity index (χ0) is 26.9. The molecular weight excluding hydrogens is 521 g/mol. The molecule has 0 aliphatic carbocycles. The van der Waals surface area contributed by atoms with Gasteiger partial charge in [0.1, 0.15) is 10.6 Å². The van der Waals surface area contributed by atoms with E-state index in [1.807, 2.05) is 0 Å². The Labute approximate surface area is 203 Å². The minimum absolute atomic E-state index is 0.0132. The number of anilines is 1. The molecule has 0 saturated heterocycles. The molecule has 0 fully saturated rings. The minimum Gasteiger partial charge on any atom is -0.497 e. The lowest BCUT2D eigenvalue weighted by Crippen LogP contribution is -2.18. The lowest BCUT2D eigenvalue weighted by Gasteiger charge is -2.18. The molecule has 0 aliphatic heterocycles. The second-order valence-electron chi connectivity index (χ2n) is 7.20. The first-order valence-corrected chi connectivity index (χ1v) is 11.9. The van der Waals surface area contributed by atoms with E-state index in [-0.39, 0.29) is 29.8 Å². The summed E-state index contributed by atoms with van der Waals surface area (Å²) >= 11 is 3.40.